The van der Waals surface area contributed by atoms with E-state index in [0.29, 0.717) is 22.3 Å². The highest BCUT2D eigenvalue weighted by Gasteiger charge is 2.26. The molecule has 0 unspecified atom stereocenters. The number of benzene rings is 4. The predicted molar refractivity (Wildman–Crippen MR) is 153 cm³/mol. The zero-order chi connectivity index (χ0) is 27.1. The highest BCUT2D eigenvalue weighted by atomic mass is 35.5. The number of hydrogen-bond donors (Lipinski definition) is 0. The summed E-state index contributed by atoms with van der Waals surface area (Å²) in [5, 5.41) is 0.469. The Morgan fingerprint density at radius 1 is 0.744 bits per heavy atom. The highest BCUT2D eigenvalue weighted by molar-refractivity contribution is 7.89. The lowest BCUT2D eigenvalue weighted by Crippen LogP contribution is -2.30. The third-order valence-electron chi connectivity index (χ3n) is 5.82. The van der Waals surface area contributed by atoms with Crippen molar-refractivity contribution in [1.29, 1.82) is 0 Å². The maximum absolute atomic E-state index is 13.5. The van der Waals surface area contributed by atoms with Crippen LogP contribution in [0.15, 0.2) is 136 Å². The molecular formula is C31H25ClN2O4S. The van der Waals surface area contributed by atoms with Crippen LogP contribution in [0, 0.1) is 0 Å². The molecule has 0 aliphatic carbocycles. The summed E-state index contributed by atoms with van der Waals surface area (Å²) in [5.41, 5.74) is 1.59. The van der Waals surface area contributed by atoms with E-state index in [1.54, 1.807) is 30.5 Å². The second-order valence-corrected chi connectivity index (χ2v) is 11.1. The smallest absolute Gasteiger partial charge is 0.243 e. The zero-order valence-corrected chi connectivity index (χ0v) is 22.4. The van der Waals surface area contributed by atoms with Gasteiger partial charge in [-0.1, -0.05) is 60.1 Å². The van der Waals surface area contributed by atoms with Crippen molar-refractivity contribution in [2.45, 2.75) is 18.0 Å². The first-order chi connectivity index (χ1) is 19.0. The fraction of sp³-hybridized carbons (Fsp3) is 0.0645. The fourth-order valence-electron chi connectivity index (χ4n) is 3.85. The van der Waals surface area contributed by atoms with Gasteiger partial charge in [0, 0.05) is 11.6 Å². The topological polar surface area (TPSA) is 72.1 Å². The number of sulfonamides is 1. The van der Waals surface area contributed by atoms with Gasteiger partial charge in [0.15, 0.2) is 0 Å². The number of ether oxygens (including phenoxy) is 1. The third-order valence-corrected chi connectivity index (χ3v) is 7.88. The van der Waals surface area contributed by atoms with Gasteiger partial charge < -0.3 is 9.15 Å². The van der Waals surface area contributed by atoms with Crippen LogP contribution in [0.3, 0.4) is 0 Å². The maximum atomic E-state index is 13.5. The largest absolute Gasteiger partial charge is 0.459 e. The normalized spacial score (nSPS) is 11.7. The maximum Gasteiger partial charge on any atom is 0.243 e. The number of hydrogen-bond acceptors (Lipinski definition) is 5. The van der Waals surface area contributed by atoms with Crippen molar-refractivity contribution in [2.75, 3.05) is 0 Å². The van der Waals surface area contributed by atoms with Gasteiger partial charge in [0.2, 0.25) is 10.0 Å². The minimum atomic E-state index is -3.82. The van der Waals surface area contributed by atoms with Gasteiger partial charge in [0.05, 0.1) is 23.3 Å². The molecule has 0 atom stereocenters. The van der Waals surface area contributed by atoms with Gasteiger partial charge in [0.1, 0.15) is 23.0 Å². The number of halogens is 1. The predicted octanol–water partition coefficient (Wildman–Crippen LogP) is 7.87. The van der Waals surface area contributed by atoms with Crippen molar-refractivity contribution in [1.82, 2.24) is 4.31 Å². The minimum Gasteiger partial charge on any atom is -0.459 e. The summed E-state index contributed by atoms with van der Waals surface area (Å²) in [7, 11) is -3.82. The van der Waals surface area contributed by atoms with Gasteiger partial charge in [0.25, 0.3) is 0 Å². The molecule has 0 aliphatic rings. The monoisotopic (exact) mass is 556 g/mol. The van der Waals surface area contributed by atoms with Crippen LogP contribution in [0.4, 0.5) is 5.69 Å². The average Bonchev–Trinajstić information content (AvgIpc) is 3.41. The molecule has 1 heterocycles. The lowest BCUT2D eigenvalue weighted by atomic mass is 10.2. The molecule has 0 aliphatic heterocycles. The molecule has 5 rings (SSSR count). The first-order valence-corrected chi connectivity index (χ1v) is 14.0. The minimum absolute atomic E-state index is 0.0548. The van der Waals surface area contributed by atoms with Crippen LogP contribution in [0.25, 0.3) is 0 Å². The molecule has 8 heteroatoms. The zero-order valence-electron chi connectivity index (χ0n) is 20.9. The Bertz CT molecular complexity index is 1630. The van der Waals surface area contributed by atoms with Crippen LogP contribution < -0.4 is 4.74 Å². The molecule has 0 fully saturated rings. The van der Waals surface area contributed by atoms with Crippen LogP contribution in [0.1, 0.15) is 17.1 Å². The van der Waals surface area contributed by atoms with E-state index in [0.717, 1.165) is 17.0 Å². The van der Waals surface area contributed by atoms with E-state index < -0.39 is 10.0 Å². The average molecular weight is 557 g/mol. The highest BCUT2D eigenvalue weighted by Crippen LogP contribution is 2.25. The standard InChI is InChI=1S/C31H25ClN2O4S/c32-25-11-19-31(20-12-25)39(35,36)34(22-24-7-3-1-4-8-24)23-30-18-17-29(38-30)21-33-26-13-15-28(16-14-26)37-27-9-5-2-6-10-27/h1-21H,22-23H2. The van der Waals surface area contributed by atoms with E-state index in [-0.39, 0.29) is 18.0 Å². The Morgan fingerprint density at radius 2 is 1.38 bits per heavy atom. The van der Waals surface area contributed by atoms with Crippen LogP contribution in [0.5, 0.6) is 11.5 Å². The number of para-hydroxylation sites is 1. The van der Waals surface area contributed by atoms with Crippen molar-refractivity contribution >= 4 is 33.5 Å². The van der Waals surface area contributed by atoms with E-state index in [9.17, 15) is 8.42 Å². The molecular weight excluding hydrogens is 532 g/mol. The summed E-state index contributed by atoms with van der Waals surface area (Å²) in [5.74, 6) is 2.48. The molecule has 0 spiro atoms. The summed E-state index contributed by atoms with van der Waals surface area (Å²) >= 11 is 5.98. The van der Waals surface area contributed by atoms with E-state index >= 15 is 0 Å². The fourth-order valence-corrected chi connectivity index (χ4v) is 5.37. The van der Waals surface area contributed by atoms with Crippen molar-refractivity contribution in [3.8, 4) is 11.5 Å². The third kappa shape index (κ3) is 7.03. The Morgan fingerprint density at radius 3 is 2.08 bits per heavy atom. The van der Waals surface area contributed by atoms with Gasteiger partial charge in [-0.05, 0) is 78.4 Å². The van der Waals surface area contributed by atoms with E-state index in [4.69, 9.17) is 20.8 Å². The van der Waals surface area contributed by atoms with E-state index in [1.165, 1.54) is 16.4 Å². The first-order valence-electron chi connectivity index (χ1n) is 12.2. The van der Waals surface area contributed by atoms with Gasteiger partial charge in [-0.15, -0.1) is 0 Å². The molecule has 6 nitrogen and oxygen atoms in total. The summed E-state index contributed by atoms with van der Waals surface area (Å²) in [4.78, 5) is 4.63. The number of furan rings is 1. The summed E-state index contributed by atoms with van der Waals surface area (Å²) in [6.45, 7) is 0.243. The summed E-state index contributed by atoms with van der Waals surface area (Å²) in [6, 6.07) is 36.0. The first kappa shape index (κ1) is 26.4. The van der Waals surface area contributed by atoms with Crippen molar-refractivity contribution in [2.24, 2.45) is 4.99 Å². The lowest BCUT2D eigenvalue weighted by Gasteiger charge is -2.21. The second-order valence-electron chi connectivity index (χ2n) is 8.68. The molecule has 39 heavy (non-hydrogen) atoms. The molecule has 0 radical (unpaired) electrons. The van der Waals surface area contributed by atoms with Crippen LogP contribution in [-0.2, 0) is 23.1 Å². The van der Waals surface area contributed by atoms with Crippen LogP contribution >= 0.6 is 11.6 Å². The van der Waals surface area contributed by atoms with Gasteiger partial charge in [-0.2, -0.15) is 4.31 Å². The molecule has 5 aromatic rings. The number of nitrogens with zero attached hydrogens (tertiary/aromatic N) is 2. The Kier molecular flexibility index (Phi) is 8.22. The van der Waals surface area contributed by atoms with Gasteiger partial charge >= 0.3 is 0 Å². The number of rotatable bonds is 10. The lowest BCUT2D eigenvalue weighted by molar-refractivity contribution is 0.357. The quantitative estimate of drug-likeness (QED) is 0.164. The van der Waals surface area contributed by atoms with Crippen molar-refractivity contribution in [3.05, 3.63) is 143 Å². The van der Waals surface area contributed by atoms with Crippen molar-refractivity contribution < 1.29 is 17.6 Å². The molecule has 0 amide bonds. The van der Waals surface area contributed by atoms with E-state index in [1.807, 2.05) is 84.9 Å². The Balaban J connectivity index is 1.30. The Labute approximate surface area is 232 Å². The summed E-state index contributed by atoms with van der Waals surface area (Å²) < 4.78 is 40.2. The molecule has 0 N–H and O–H groups in total. The molecule has 4 aromatic carbocycles. The van der Waals surface area contributed by atoms with Gasteiger partial charge in [-0.3, -0.25) is 4.99 Å². The van der Waals surface area contributed by atoms with Gasteiger partial charge in [-0.25, -0.2) is 8.42 Å². The molecule has 0 bridgehead atoms. The number of aliphatic imine (C=N–C) groups is 1. The molecule has 0 saturated carbocycles. The van der Waals surface area contributed by atoms with Crippen LogP contribution in [0.2, 0.25) is 5.02 Å². The molecule has 1 aromatic heterocycles. The van der Waals surface area contributed by atoms with Crippen molar-refractivity contribution in [3.63, 3.8) is 0 Å². The summed E-state index contributed by atoms with van der Waals surface area (Å²) in [6.07, 6.45) is 1.60. The molecule has 196 valence electrons. The van der Waals surface area contributed by atoms with E-state index in [2.05, 4.69) is 4.99 Å². The Hall–Kier alpha value is -4.17. The second kappa shape index (κ2) is 12.1. The van der Waals surface area contributed by atoms with Crippen LogP contribution in [-0.4, -0.2) is 18.9 Å². The molecule has 0 saturated heterocycles. The SMILES string of the molecule is O=S(=O)(c1ccc(Cl)cc1)N(Cc1ccccc1)Cc1ccc(C=Nc2ccc(Oc3ccccc3)cc2)o1.